The van der Waals surface area contributed by atoms with Gasteiger partial charge in [-0.05, 0) is 60.0 Å². The van der Waals surface area contributed by atoms with E-state index in [9.17, 15) is 0 Å². The first kappa shape index (κ1) is 14.9. The molecule has 0 aromatic rings. The Morgan fingerprint density at radius 3 is 2.76 bits per heavy atom. The van der Waals surface area contributed by atoms with Gasteiger partial charge in [-0.15, -0.1) is 0 Å². The second-order valence-electron chi connectivity index (χ2n) is 6.22. The van der Waals surface area contributed by atoms with Gasteiger partial charge in [0.15, 0.2) is 0 Å². The van der Waals surface area contributed by atoms with Crippen molar-refractivity contribution in [1.29, 1.82) is 0 Å². The second kappa shape index (κ2) is 7.34. The average molecular weight is 242 g/mol. The molecule has 1 heterocycles. The Morgan fingerprint density at radius 1 is 1.29 bits per heavy atom. The third-order valence-corrected chi connectivity index (χ3v) is 3.09. The van der Waals surface area contributed by atoms with E-state index in [4.69, 9.17) is 4.74 Å². The van der Waals surface area contributed by atoms with E-state index in [0.29, 0.717) is 6.10 Å². The van der Waals surface area contributed by atoms with Crippen molar-refractivity contribution in [2.75, 3.05) is 32.8 Å². The summed E-state index contributed by atoms with van der Waals surface area (Å²) in [4.78, 5) is 2.55. The van der Waals surface area contributed by atoms with Crippen LogP contribution in [0.5, 0.6) is 0 Å². The van der Waals surface area contributed by atoms with Crippen LogP contribution in [0.4, 0.5) is 0 Å². The highest BCUT2D eigenvalue weighted by Gasteiger charge is 2.14. The number of nitrogens with one attached hydrogen (secondary N) is 1. The maximum atomic E-state index is 5.65. The van der Waals surface area contributed by atoms with Crippen molar-refractivity contribution in [1.82, 2.24) is 10.2 Å². The first-order valence-electron chi connectivity index (χ1n) is 7.06. The zero-order valence-electron chi connectivity index (χ0n) is 12.1. The molecule has 1 saturated heterocycles. The third kappa shape index (κ3) is 7.74. The lowest BCUT2D eigenvalue weighted by molar-refractivity contribution is 0.0675. The lowest BCUT2D eigenvalue weighted by Gasteiger charge is -2.23. The van der Waals surface area contributed by atoms with E-state index in [1.807, 2.05) is 0 Å². The predicted octanol–water partition coefficient (Wildman–Crippen LogP) is 2.27. The summed E-state index contributed by atoms with van der Waals surface area (Å²) in [5, 5.41) is 3.54. The molecule has 1 unspecified atom stereocenters. The maximum absolute atomic E-state index is 5.65. The molecule has 0 aliphatic carbocycles. The van der Waals surface area contributed by atoms with Gasteiger partial charge in [0, 0.05) is 25.2 Å². The lowest BCUT2D eigenvalue weighted by Crippen LogP contribution is -2.37. The minimum Gasteiger partial charge on any atom is -0.377 e. The quantitative estimate of drug-likeness (QED) is 0.749. The Hall–Kier alpha value is -0.120. The molecule has 0 bridgehead atoms. The van der Waals surface area contributed by atoms with Gasteiger partial charge in [0.25, 0.3) is 0 Å². The highest BCUT2D eigenvalue weighted by Crippen LogP contribution is 2.06. The number of unbranched alkanes of at least 4 members (excludes halogenated alkanes) is 1. The molecule has 1 N–H and O–H groups in total. The molecule has 102 valence electrons. The van der Waals surface area contributed by atoms with E-state index < -0.39 is 0 Å². The standard InChI is InChI=1S/C14H30N2O/c1-13-12-16(10-7-11-17-13)9-6-5-8-15-14(2,3)4/h13,15H,5-12H2,1-4H3. The molecule has 0 saturated carbocycles. The summed E-state index contributed by atoms with van der Waals surface area (Å²) in [7, 11) is 0. The van der Waals surface area contributed by atoms with Crippen molar-refractivity contribution < 1.29 is 4.74 Å². The summed E-state index contributed by atoms with van der Waals surface area (Å²) in [5.41, 5.74) is 0.255. The van der Waals surface area contributed by atoms with Crippen LogP contribution < -0.4 is 5.32 Å². The van der Waals surface area contributed by atoms with Crippen LogP contribution in [0.2, 0.25) is 0 Å². The monoisotopic (exact) mass is 242 g/mol. The van der Waals surface area contributed by atoms with Crippen LogP contribution in [0.3, 0.4) is 0 Å². The van der Waals surface area contributed by atoms with E-state index >= 15 is 0 Å². The van der Waals surface area contributed by atoms with Crippen molar-refractivity contribution in [2.24, 2.45) is 0 Å². The van der Waals surface area contributed by atoms with Crippen LogP contribution in [-0.4, -0.2) is 49.3 Å². The van der Waals surface area contributed by atoms with Gasteiger partial charge in [-0.2, -0.15) is 0 Å². The van der Waals surface area contributed by atoms with E-state index in [-0.39, 0.29) is 5.54 Å². The van der Waals surface area contributed by atoms with Crippen LogP contribution >= 0.6 is 0 Å². The Balaban J connectivity index is 2.05. The Kier molecular flexibility index (Phi) is 6.45. The molecule has 3 nitrogen and oxygen atoms in total. The second-order valence-corrected chi connectivity index (χ2v) is 6.22. The summed E-state index contributed by atoms with van der Waals surface area (Å²) >= 11 is 0. The Bertz CT molecular complexity index is 201. The van der Waals surface area contributed by atoms with Crippen LogP contribution in [0.1, 0.15) is 47.0 Å². The van der Waals surface area contributed by atoms with E-state index in [0.717, 1.165) is 19.7 Å². The summed E-state index contributed by atoms with van der Waals surface area (Å²) in [6.07, 6.45) is 4.15. The molecule has 1 rings (SSSR count). The van der Waals surface area contributed by atoms with Gasteiger partial charge in [0.05, 0.1) is 6.10 Å². The highest BCUT2D eigenvalue weighted by molar-refractivity contribution is 4.71. The van der Waals surface area contributed by atoms with Crippen LogP contribution in [-0.2, 0) is 4.74 Å². The molecule has 0 aromatic heterocycles. The lowest BCUT2D eigenvalue weighted by atomic mass is 10.1. The van der Waals surface area contributed by atoms with Gasteiger partial charge < -0.3 is 15.0 Å². The molecule has 1 aliphatic rings. The smallest absolute Gasteiger partial charge is 0.0673 e. The van der Waals surface area contributed by atoms with Crippen LogP contribution in [0.15, 0.2) is 0 Å². The predicted molar refractivity (Wildman–Crippen MR) is 73.5 cm³/mol. The summed E-state index contributed by atoms with van der Waals surface area (Å²) in [6, 6.07) is 0. The fraction of sp³-hybridized carbons (Fsp3) is 1.00. The maximum Gasteiger partial charge on any atom is 0.0673 e. The summed E-state index contributed by atoms with van der Waals surface area (Å²) in [6.45, 7) is 14.4. The minimum atomic E-state index is 0.255. The fourth-order valence-corrected chi connectivity index (χ4v) is 2.21. The molecule has 3 heteroatoms. The molecule has 0 aromatic carbocycles. The van der Waals surface area contributed by atoms with Crippen molar-refractivity contribution in [2.45, 2.75) is 58.6 Å². The van der Waals surface area contributed by atoms with Crippen LogP contribution in [0, 0.1) is 0 Å². The fourth-order valence-electron chi connectivity index (χ4n) is 2.21. The largest absolute Gasteiger partial charge is 0.377 e. The summed E-state index contributed by atoms with van der Waals surface area (Å²) < 4.78 is 5.65. The van der Waals surface area contributed by atoms with E-state index in [1.54, 1.807) is 0 Å². The number of hydrogen-bond donors (Lipinski definition) is 1. The molecule has 0 amide bonds. The van der Waals surface area contributed by atoms with Gasteiger partial charge in [-0.3, -0.25) is 0 Å². The Morgan fingerprint density at radius 2 is 2.06 bits per heavy atom. The van der Waals surface area contributed by atoms with Crippen LogP contribution in [0.25, 0.3) is 0 Å². The highest BCUT2D eigenvalue weighted by atomic mass is 16.5. The number of ether oxygens (including phenoxy) is 1. The first-order valence-corrected chi connectivity index (χ1v) is 7.06. The zero-order chi connectivity index (χ0) is 12.7. The molecule has 17 heavy (non-hydrogen) atoms. The molecule has 1 aliphatic heterocycles. The van der Waals surface area contributed by atoms with Crippen molar-refractivity contribution in [3.05, 3.63) is 0 Å². The molecular weight excluding hydrogens is 212 g/mol. The van der Waals surface area contributed by atoms with Crippen molar-refractivity contribution >= 4 is 0 Å². The van der Waals surface area contributed by atoms with Crippen molar-refractivity contribution in [3.8, 4) is 0 Å². The number of nitrogens with zero attached hydrogens (tertiary/aromatic N) is 1. The van der Waals surface area contributed by atoms with E-state index in [2.05, 4.69) is 37.9 Å². The SMILES string of the molecule is CC1CN(CCCCNC(C)(C)C)CCCO1. The number of rotatable bonds is 5. The molecule has 1 atom stereocenters. The Labute approximate surface area is 107 Å². The van der Waals surface area contributed by atoms with Gasteiger partial charge >= 0.3 is 0 Å². The normalized spacial score (nSPS) is 23.6. The molecule has 0 radical (unpaired) electrons. The molecule has 0 spiro atoms. The van der Waals surface area contributed by atoms with Gasteiger partial charge in [0.2, 0.25) is 0 Å². The topological polar surface area (TPSA) is 24.5 Å². The summed E-state index contributed by atoms with van der Waals surface area (Å²) in [5.74, 6) is 0. The van der Waals surface area contributed by atoms with Gasteiger partial charge in [-0.1, -0.05) is 0 Å². The third-order valence-electron chi connectivity index (χ3n) is 3.09. The zero-order valence-corrected chi connectivity index (χ0v) is 12.1. The first-order chi connectivity index (χ1) is 7.97. The number of hydrogen-bond acceptors (Lipinski definition) is 3. The molecule has 1 fully saturated rings. The minimum absolute atomic E-state index is 0.255. The van der Waals surface area contributed by atoms with Gasteiger partial charge in [0.1, 0.15) is 0 Å². The van der Waals surface area contributed by atoms with Crippen molar-refractivity contribution in [3.63, 3.8) is 0 Å². The average Bonchev–Trinajstić information content (AvgIpc) is 2.40. The molecular formula is C14H30N2O. The van der Waals surface area contributed by atoms with E-state index in [1.165, 1.54) is 32.4 Å². The van der Waals surface area contributed by atoms with Gasteiger partial charge in [-0.25, -0.2) is 0 Å².